The number of aliphatic hydroxyl groups excluding tert-OH is 1. The number of aliphatic carboxylic acids is 1. The zero-order valence-electron chi connectivity index (χ0n) is 8.60. The van der Waals surface area contributed by atoms with Crippen LogP contribution in [0.15, 0.2) is 18.2 Å². The maximum Gasteiger partial charge on any atom is 0.306 e. The van der Waals surface area contributed by atoms with Crippen molar-refractivity contribution in [3.63, 3.8) is 0 Å². The molecule has 0 saturated heterocycles. The first-order chi connectivity index (χ1) is 7.08. The first kappa shape index (κ1) is 10.2. The molecule has 15 heavy (non-hydrogen) atoms. The number of rotatable bonds is 1. The van der Waals surface area contributed by atoms with E-state index >= 15 is 0 Å². The summed E-state index contributed by atoms with van der Waals surface area (Å²) in [4.78, 5) is 10.9. The Bertz CT molecular complexity index is 398. The largest absolute Gasteiger partial charge is 0.481 e. The zero-order valence-corrected chi connectivity index (χ0v) is 8.60. The number of aryl methyl sites for hydroxylation is 1. The van der Waals surface area contributed by atoms with E-state index in [1.54, 1.807) is 0 Å². The Kier molecular flexibility index (Phi) is 2.49. The van der Waals surface area contributed by atoms with Crippen molar-refractivity contribution in [3.05, 3.63) is 34.9 Å². The van der Waals surface area contributed by atoms with Gasteiger partial charge in [0.1, 0.15) is 0 Å². The second-order valence-corrected chi connectivity index (χ2v) is 4.19. The summed E-state index contributed by atoms with van der Waals surface area (Å²) in [5, 5.41) is 18.8. The topological polar surface area (TPSA) is 57.5 Å². The van der Waals surface area contributed by atoms with Crippen LogP contribution in [0.25, 0.3) is 0 Å². The molecule has 0 bridgehead atoms. The third-order valence-corrected chi connectivity index (χ3v) is 2.98. The quantitative estimate of drug-likeness (QED) is 0.735. The number of benzene rings is 1. The normalized spacial score (nSPS) is 24.7. The number of fused-ring (bicyclic) bond motifs is 1. The van der Waals surface area contributed by atoms with E-state index in [0.29, 0.717) is 12.8 Å². The molecule has 1 aliphatic rings. The van der Waals surface area contributed by atoms with Gasteiger partial charge in [0.2, 0.25) is 0 Å². The van der Waals surface area contributed by atoms with Crippen LogP contribution >= 0.6 is 0 Å². The van der Waals surface area contributed by atoms with Crippen LogP contribution in [0.3, 0.4) is 0 Å². The Morgan fingerprint density at radius 1 is 1.47 bits per heavy atom. The minimum atomic E-state index is -0.819. The summed E-state index contributed by atoms with van der Waals surface area (Å²) >= 11 is 0. The molecule has 2 atom stereocenters. The minimum Gasteiger partial charge on any atom is -0.481 e. The molecule has 0 spiro atoms. The lowest BCUT2D eigenvalue weighted by atomic mass is 9.81. The van der Waals surface area contributed by atoms with Gasteiger partial charge in [0.25, 0.3) is 0 Å². The van der Waals surface area contributed by atoms with E-state index in [0.717, 1.165) is 16.7 Å². The molecule has 0 heterocycles. The Labute approximate surface area is 88.4 Å². The van der Waals surface area contributed by atoms with E-state index in [4.69, 9.17) is 5.11 Å². The molecule has 0 radical (unpaired) electrons. The van der Waals surface area contributed by atoms with Gasteiger partial charge in [-0.1, -0.05) is 23.8 Å². The summed E-state index contributed by atoms with van der Waals surface area (Å²) in [5.74, 6) is -1.27. The van der Waals surface area contributed by atoms with Crippen LogP contribution in [0.1, 0.15) is 29.2 Å². The average molecular weight is 206 g/mol. The molecule has 3 nitrogen and oxygen atoms in total. The fourth-order valence-corrected chi connectivity index (χ4v) is 2.14. The molecule has 1 aromatic rings. The predicted octanol–water partition coefficient (Wildman–Crippen LogP) is 1.68. The molecular weight excluding hydrogens is 192 g/mol. The van der Waals surface area contributed by atoms with Gasteiger partial charge in [0, 0.05) is 0 Å². The van der Waals surface area contributed by atoms with Crippen LogP contribution in [-0.4, -0.2) is 16.2 Å². The first-order valence-corrected chi connectivity index (χ1v) is 5.08. The van der Waals surface area contributed by atoms with Crippen molar-refractivity contribution in [1.82, 2.24) is 0 Å². The molecule has 3 heteroatoms. The number of hydrogen-bond acceptors (Lipinski definition) is 2. The van der Waals surface area contributed by atoms with Crippen molar-refractivity contribution in [2.75, 3.05) is 0 Å². The predicted molar refractivity (Wildman–Crippen MR) is 55.6 cm³/mol. The molecule has 1 aliphatic carbocycles. The highest BCUT2D eigenvalue weighted by Crippen LogP contribution is 2.33. The van der Waals surface area contributed by atoms with Crippen molar-refractivity contribution >= 4 is 5.97 Å². The van der Waals surface area contributed by atoms with Crippen LogP contribution in [-0.2, 0) is 11.2 Å². The van der Waals surface area contributed by atoms with Crippen LogP contribution < -0.4 is 0 Å². The summed E-state index contributed by atoms with van der Waals surface area (Å²) in [6, 6.07) is 5.82. The van der Waals surface area contributed by atoms with Gasteiger partial charge in [-0.05, 0) is 30.9 Å². The first-order valence-electron chi connectivity index (χ1n) is 5.08. The second kappa shape index (κ2) is 3.66. The minimum absolute atomic E-state index is 0.325. The zero-order chi connectivity index (χ0) is 11.0. The molecule has 0 aromatic heterocycles. The van der Waals surface area contributed by atoms with Gasteiger partial charge in [-0.25, -0.2) is 0 Å². The fraction of sp³-hybridized carbons (Fsp3) is 0.417. The molecule has 80 valence electrons. The van der Waals surface area contributed by atoms with Crippen molar-refractivity contribution in [2.24, 2.45) is 5.92 Å². The summed E-state index contributed by atoms with van der Waals surface area (Å²) in [6.07, 6.45) is 0.225. The highest BCUT2D eigenvalue weighted by molar-refractivity contribution is 5.71. The average Bonchev–Trinajstić information content (AvgIpc) is 2.18. The van der Waals surface area contributed by atoms with E-state index in [2.05, 4.69) is 0 Å². The number of aliphatic hydroxyl groups is 1. The molecule has 2 unspecified atom stereocenters. The fourth-order valence-electron chi connectivity index (χ4n) is 2.14. The molecule has 0 saturated carbocycles. The number of carboxylic acids is 1. The summed E-state index contributed by atoms with van der Waals surface area (Å²) in [7, 11) is 0. The van der Waals surface area contributed by atoms with E-state index in [-0.39, 0.29) is 0 Å². The maximum atomic E-state index is 10.9. The summed E-state index contributed by atoms with van der Waals surface area (Å²) < 4.78 is 0. The molecule has 0 aliphatic heterocycles. The highest BCUT2D eigenvalue weighted by Gasteiger charge is 2.29. The van der Waals surface area contributed by atoms with Crippen LogP contribution in [0.4, 0.5) is 0 Å². The van der Waals surface area contributed by atoms with E-state index < -0.39 is 18.0 Å². The third-order valence-electron chi connectivity index (χ3n) is 2.98. The van der Waals surface area contributed by atoms with Gasteiger partial charge in [0.05, 0.1) is 12.0 Å². The molecule has 2 rings (SSSR count). The lowest BCUT2D eigenvalue weighted by molar-refractivity contribution is -0.143. The second-order valence-electron chi connectivity index (χ2n) is 4.19. The number of carbonyl (C=O) groups is 1. The van der Waals surface area contributed by atoms with Crippen molar-refractivity contribution in [2.45, 2.75) is 25.9 Å². The monoisotopic (exact) mass is 206 g/mol. The van der Waals surface area contributed by atoms with Crippen molar-refractivity contribution in [1.29, 1.82) is 0 Å². The summed E-state index contributed by atoms with van der Waals surface area (Å²) in [6.45, 7) is 1.97. The van der Waals surface area contributed by atoms with E-state index in [1.165, 1.54) is 0 Å². The van der Waals surface area contributed by atoms with Crippen LogP contribution in [0, 0.1) is 12.8 Å². The molecule has 1 aromatic carbocycles. The Hall–Kier alpha value is -1.35. The van der Waals surface area contributed by atoms with Gasteiger partial charge in [-0.3, -0.25) is 4.79 Å². The molecular formula is C12H14O3. The molecule has 0 fully saturated rings. The molecule has 0 amide bonds. The van der Waals surface area contributed by atoms with Crippen LogP contribution in [0.5, 0.6) is 0 Å². The Morgan fingerprint density at radius 3 is 2.87 bits per heavy atom. The van der Waals surface area contributed by atoms with Crippen LogP contribution in [0.2, 0.25) is 0 Å². The lowest BCUT2D eigenvalue weighted by Crippen LogP contribution is -2.25. The number of carboxylic acid groups (broad SMARTS) is 1. The highest BCUT2D eigenvalue weighted by atomic mass is 16.4. The number of hydrogen-bond donors (Lipinski definition) is 2. The van der Waals surface area contributed by atoms with E-state index in [1.807, 2.05) is 25.1 Å². The van der Waals surface area contributed by atoms with Gasteiger partial charge in [-0.2, -0.15) is 0 Å². The van der Waals surface area contributed by atoms with Crippen molar-refractivity contribution in [3.8, 4) is 0 Å². The Morgan fingerprint density at radius 2 is 2.20 bits per heavy atom. The van der Waals surface area contributed by atoms with Gasteiger partial charge in [-0.15, -0.1) is 0 Å². The van der Waals surface area contributed by atoms with Gasteiger partial charge >= 0.3 is 5.97 Å². The van der Waals surface area contributed by atoms with Gasteiger partial charge in [0.15, 0.2) is 0 Å². The lowest BCUT2D eigenvalue weighted by Gasteiger charge is -2.26. The standard InChI is InChI=1S/C12H14O3/c1-7-2-3-8-5-9(12(14)15)6-11(13)10(8)4-7/h2-4,9,11,13H,5-6H2,1H3,(H,14,15). The SMILES string of the molecule is Cc1ccc2c(c1)C(O)CC(C(=O)O)C2. The molecule has 2 N–H and O–H groups in total. The summed E-state index contributed by atoms with van der Waals surface area (Å²) in [5.41, 5.74) is 2.96. The van der Waals surface area contributed by atoms with Crippen molar-refractivity contribution < 1.29 is 15.0 Å². The third kappa shape index (κ3) is 1.88. The van der Waals surface area contributed by atoms with E-state index in [9.17, 15) is 9.90 Å². The maximum absolute atomic E-state index is 10.9. The van der Waals surface area contributed by atoms with Gasteiger partial charge < -0.3 is 10.2 Å². The smallest absolute Gasteiger partial charge is 0.306 e. The Balaban J connectivity index is 2.36.